The van der Waals surface area contributed by atoms with Gasteiger partial charge in [-0.3, -0.25) is 4.79 Å². The predicted molar refractivity (Wildman–Crippen MR) is 119 cm³/mol. The molecule has 1 aliphatic carbocycles. The largest absolute Gasteiger partial charge is 0.493 e. The number of methoxy groups -OCH3 is 2. The molecule has 0 radical (unpaired) electrons. The summed E-state index contributed by atoms with van der Waals surface area (Å²) >= 11 is 0. The maximum atomic E-state index is 13.8. The Morgan fingerprint density at radius 3 is 2.53 bits per heavy atom. The van der Waals surface area contributed by atoms with Crippen LogP contribution in [0.5, 0.6) is 11.5 Å². The van der Waals surface area contributed by atoms with Crippen LogP contribution in [-0.2, 0) is 11.6 Å². The standard InChI is InChI=1S/C25H28F4N2O3/c1-31-13-18-11-20(30-23(32)15-8-17(25(27,28)29)10-19(26)9-15)6-7-24(18,14-31)16-4-5-21(33-2)22(12-16)34-3/h4-5,8-10,12,18,20H,6-7,11,13-14H2,1-3H3,(H,30,32)/t18-,20+,24-/m1/s1. The van der Waals surface area contributed by atoms with Crippen LogP contribution in [0.2, 0.25) is 0 Å². The van der Waals surface area contributed by atoms with Gasteiger partial charge in [0.1, 0.15) is 5.82 Å². The normalized spacial score (nSPS) is 25.0. The van der Waals surface area contributed by atoms with Gasteiger partial charge < -0.3 is 19.7 Å². The lowest BCUT2D eigenvalue weighted by Crippen LogP contribution is -2.47. The fraction of sp³-hybridized carbons (Fsp3) is 0.480. The maximum Gasteiger partial charge on any atom is 0.416 e. The lowest BCUT2D eigenvalue weighted by Gasteiger charge is -2.43. The third-order valence-corrected chi connectivity index (χ3v) is 7.15. The Kier molecular flexibility index (Phi) is 6.50. The average Bonchev–Trinajstić information content (AvgIpc) is 3.13. The number of hydrogen-bond acceptors (Lipinski definition) is 4. The van der Waals surface area contributed by atoms with E-state index in [1.807, 2.05) is 12.1 Å². The van der Waals surface area contributed by atoms with Gasteiger partial charge in [-0.05, 0) is 68.1 Å². The summed E-state index contributed by atoms with van der Waals surface area (Å²) in [6.07, 6.45) is -2.60. The van der Waals surface area contributed by atoms with Crippen LogP contribution in [0.4, 0.5) is 17.6 Å². The Hall–Kier alpha value is -2.81. The van der Waals surface area contributed by atoms with Crippen molar-refractivity contribution in [2.24, 2.45) is 5.92 Å². The number of fused-ring (bicyclic) bond motifs is 1. The lowest BCUT2D eigenvalue weighted by molar-refractivity contribution is -0.137. The molecule has 5 nitrogen and oxygen atoms in total. The Morgan fingerprint density at radius 1 is 1.12 bits per heavy atom. The number of alkyl halides is 3. The van der Waals surface area contributed by atoms with Crippen molar-refractivity contribution in [2.45, 2.75) is 36.9 Å². The van der Waals surface area contributed by atoms with Crippen LogP contribution >= 0.6 is 0 Å². The molecule has 4 rings (SSSR count). The monoisotopic (exact) mass is 480 g/mol. The van der Waals surface area contributed by atoms with Crippen molar-refractivity contribution in [1.29, 1.82) is 0 Å². The number of benzene rings is 2. The van der Waals surface area contributed by atoms with Gasteiger partial charge in [0.2, 0.25) is 0 Å². The number of amides is 1. The molecule has 2 aromatic carbocycles. The van der Waals surface area contributed by atoms with Gasteiger partial charge in [0.25, 0.3) is 5.91 Å². The van der Waals surface area contributed by atoms with Crippen LogP contribution < -0.4 is 14.8 Å². The van der Waals surface area contributed by atoms with E-state index in [1.54, 1.807) is 14.2 Å². The number of nitrogens with one attached hydrogen (secondary N) is 1. The van der Waals surface area contributed by atoms with Crippen molar-refractivity contribution < 1.29 is 31.8 Å². The number of halogens is 4. The van der Waals surface area contributed by atoms with Crippen molar-refractivity contribution in [1.82, 2.24) is 10.2 Å². The van der Waals surface area contributed by atoms with E-state index in [1.165, 1.54) is 0 Å². The van der Waals surface area contributed by atoms with E-state index in [9.17, 15) is 22.4 Å². The first-order chi connectivity index (χ1) is 16.1. The predicted octanol–water partition coefficient (Wildman–Crippen LogP) is 4.64. The summed E-state index contributed by atoms with van der Waals surface area (Å²) in [7, 11) is 5.24. The van der Waals surface area contributed by atoms with E-state index < -0.39 is 23.5 Å². The highest BCUT2D eigenvalue weighted by Crippen LogP contribution is 2.49. The summed E-state index contributed by atoms with van der Waals surface area (Å²) in [5.74, 6) is -0.245. The number of hydrogen-bond donors (Lipinski definition) is 1. The maximum absolute atomic E-state index is 13.8. The highest BCUT2D eigenvalue weighted by Gasteiger charge is 2.50. The van der Waals surface area contributed by atoms with E-state index in [0.29, 0.717) is 36.5 Å². The minimum absolute atomic E-state index is 0.127. The molecule has 3 atom stereocenters. The van der Waals surface area contributed by atoms with Crippen molar-refractivity contribution in [3.05, 3.63) is 58.9 Å². The quantitative estimate of drug-likeness (QED) is 0.634. The van der Waals surface area contributed by atoms with Gasteiger partial charge in [-0.1, -0.05) is 6.07 Å². The van der Waals surface area contributed by atoms with E-state index in [2.05, 4.69) is 23.3 Å². The SMILES string of the molecule is COc1ccc([C@]23CC[C@H](NC(=O)c4cc(F)cc(C(F)(F)F)c4)C[C@@H]2CN(C)C3)cc1OC. The van der Waals surface area contributed by atoms with Crippen LogP contribution in [0.15, 0.2) is 36.4 Å². The summed E-state index contributed by atoms with van der Waals surface area (Å²) in [5, 5.41) is 2.84. The molecule has 0 bridgehead atoms. The molecule has 0 unspecified atom stereocenters. The Balaban J connectivity index is 1.53. The first-order valence-corrected chi connectivity index (χ1v) is 11.2. The van der Waals surface area contributed by atoms with E-state index in [-0.39, 0.29) is 22.9 Å². The zero-order valence-electron chi connectivity index (χ0n) is 19.3. The first-order valence-electron chi connectivity index (χ1n) is 11.2. The molecular weight excluding hydrogens is 452 g/mol. The van der Waals surface area contributed by atoms with Crippen molar-refractivity contribution in [3.63, 3.8) is 0 Å². The summed E-state index contributed by atoms with van der Waals surface area (Å²) in [6, 6.07) is 7.67. The molecule has 0 spiro atoms. The summed E-state index contributed by atoms with van der Waals surface area (Å²) in [4.78, 5) is 15.0. The Bertz CT molecular complexity index is 1070. The molecule has 2 fully saturated rings. The molecule has 1 aliphatic heterocycles. The molecule has 2 aliphatic rings. The Morgan fingerprint density at radius 2 is 1.85 bits per heavy atom. The number of carbonyl (C=O) groups is 1. The van der Waals surface area contributed by atoms with Crippen LogP contribution in [0.1, 0.15) is 40.7 Å². The van der Waals surface area contributed by atoms with Crippen molar-refractivity contribution >= 4 is 5.91 Å². The topological polar surface area (TPSA) is 50.8 Å². The highest BCUT2D eigenvalue weighted by atomic mass is 19.4. The minimum Gasteiger partial charge on any atom is -0.493 e. The molecule has 1 N–H and O–H groups in total. The second-order valence-corrected chi connectivity index (χ2v) is 9.29. The zero-order chi connectivity index (χ0) is 24.7. The number of ether oxygens (including phenoxy) is 2. The number of likely N-dealkylation sites (N-methyl/N-ethyl adjacent to an activating group) is 1. The fourth-order valence-electron chi connectivity index (χ4n) is 5.60. The molecular formula is C25H28F4N2O3. The van der Waals surface area contributed by atoms with Gasteiger partial charge in [0, 0.05) is 30.1 Å². The van der Waals surface area contributed by atoms with Gasteiger partial charge in [-0.2, -0.15) is 13.2 Å². The van der Waals surface area contributed by atoms with E-state index in [4.69, 9.17) is 9.47 Å². The van der Waals surface area contributed by atoms with E-state index >= 15 is 0 Å². The molecule has 34 heavy (non-hydrogen) atoms. The van der Waals surface area contributed by atoms with Crippen molar-refractivity contribution in [3.8, 4) is 11.5 Å². The van der Waals surface area contributed by atoms with E-state index in [0.717, 1.165) is 31.1 Å². The van der Waals surface area contributed by atoms with Crippen LogP contribution in [-0.4, -0.2) is 51.2 Å². The van der Waals surface area contributed by atoms with Gasteiger partial charge in [0.05, 0.1) is 19.8 Å². The third kappa shape index (κ3) is 4.58. The number of likely N-dealkylation sites (tertiary alicyclic amines) is 1. The van der Waals surface area contributed by atoms with Gasteiger partial charge in [0.15, 0.2) is 11.5 Å². The van der Waals surface area contributed by atoms with Crippen molar-refractivity contribution in [2.75, 3.05) is 34.4 Å². The number of carbonyl (C=O) groups excluding carboxylic acids is 1. The Labute approximate surface area is 196 Å². The molecule has 184 valence electrons. The van der Waals surface area contributed by atoms with Gasteiger partial charge in [-0.25, -0.2) is 4.39 Å². The summed E-state index contributed by atoms with van der Waals surface area (Å²) in [6.45, 7) is 1.69. The van der Waals surface area contributed by atoms with Crippen LogP contribution in [0.3, 0.4) is 0 Å². The van der Waals surface area contributed by atoms with Crippen LogP contribution in [0, 0.1) is 11.7 Å². The molecule has 0 aromatic heterocycles. The average molecular weight is 481 g/mol. The molecule has 1 saturated heterocycles. The first kappa shape index (κ1) is 24.3. The minimum atomic E-state index is -4.73. The number of rotatable bonds is 5. The second kappa shape index (κ2) is 9.09. The molecule has 1 heterocycles. The molecule has 1 saturated carbocycles. The lowest BCUT2D eigenvalue weighted by atomic mass is 9.63. The smallest absolute Gasteiger partial charge is 0.416 e. The van der Waals surface area contributed by atoms with Gasteiger partial charge >= 0.3 is 6.18 Å². The highest BCUT2D eigenvalue weighted by molar-refractivity contribution is 5.94. The zero-order valence-corrected chi connectivity index (χ0v) is 19.3. The van der Waals surface area contributed by atoms with Gasteiger partial charge in [-0.15, -0.1) is 0 Å². The third-order valence-electron chi connectivity index (χ3n) is 7.15. The molecule has 1 amide bonds. The summed E-state index contributed by atoms with van der Waals surface area (Å²) < 4.78 is 63.8. The number of nitrogens with zero attached hydrogens (tertiary/aromatic N) is 1. The summed E-state index contributed by atoms with van der Waals surface area (Å²) in [5.41, 5.74) is -0.485. The molecule has 2 aromatic rings. The fourth-order valence-corrected chi connectivity index (χ4v) is 5.60. The van der Waals surface area contributed by atoms with Crippen LogP contribution in [0.25, 0.3) is 0 Å². The second-order valence-electron chi connectivity index (χ2n) is 9.29. The molecule has 9 heteroatoms.